The number of hydrogen-bond acceptors (Lipinski definition) is 3. The standard InChI is InChI=1S/C8H19NOS/c1-5-7(9)6-10-11-8(2,3)4/h7H,5-6,9H2,1-4H3. The molecule has 0 rings (SSSR count). The van der Waals surface area contributed by atoms with E-state index in [2.05, 4.69) is 27.7 Å². The smallest absolute Gasteiger partial charge is 0.0765 e. The van der Waals surface area contributed by atoms with E-state index in [1.165, 1.54) is 12.0 Å². The molecule has 2 N–H and O–H groups in total. The van der Waals surface area contributed by atoms with Gasteiger partial charge in [0.15, 0.2) is 0 Å². The Morgan fingerprint density at radius 3 is 2.36 bits per heavy atom. The summed E-state index contributed by atoms with van der Waals surface area (Å²) >= 11 is 1.50. The maximum atomic E-state index is 5.66. The summed E-state index contributed by atoms with van der Waals surface area (Å²) in [5.74, 6) is 0. The fourth-order valence-electron chi connectivity index (χ4n) is 0.416. The van der Waals surface area contributed by atoms with E-state index in [4.69, 9.17) is 9.92 Å². The average molecular weight is 177 g/mol. The largest absolute Gasteiger partial charge is 0.326 e. The Morgan fingerprint density at radius 1 is 1.45 bits per heavy atom. The molecule has 1 atom stereocenters. The van der Waals surface area contributed by atoms with Crippen LogP contribution in [0, 0.1) is 0 Å². The molecule has 0 saturated heterocycles. The summed E-state index contributed by atoms with van der Waals surface area (Å²) in [6, 6.07) is 0.185. The fourth-order valence-corrected chi connectivity index (χ4v) is 1.01. The van der Waals surface area contributed by atoms with E-state index in [1.54, 1.807) is 0 Å². The maximum Gasteiger partial charge on any atom is 0.0765 e. The minimum Gasteiger partial charge on any atom is -0.326 e. The van der Waals surface area contributed by atoms with E-state index in [-0.39, 0.29) is 10.8 Å². The van der Waals surface area contributed by atoms with Gasteiger partial charge in [-0.15, -0.1) is 0 Å². The van der Waals surface area contributed by atoms with Crippen molar-refractivity contribution in [1.82, 2.24) is 0 Å². The van der Waals surface area contributed by atoms with Crippen LogP contribution < -0.4 is 5.73 Å². The highest BCUT2D eigenvalue weighted by molar-refractivity contribution is 7.96. The van der Waals surface area contributed by atoms with Gasteiger partial charge in [0, 0.05) is 10.8 Å². The summed E-state index contributed by atoms with van der Waals surface area (Å²) < 4.78 is 5.52. The SMILES string of the molecule is CCC(N)COSC(C)(C)C. The molecule has 1 unspecified atom stereocenters. The normalized spacial score (nSPS) is 15.0. The average Bonchev–Trinajstić information content (AvgIpc) is 1.85. The van der Waals surface area contributed by atoms with Gasteiger partial charge in [-0.05, 0) is 39.2 Å². The van der Waals surface area contributed by atoms with E-state index in [1.807, 2.05) is 0 Å². The molecule has 2 nitrogen and oxygen atoms in total. The molecule has 0 heterocycles. The molecule has 0 aromatic heterocycles. The second-order valence-corrected chi connectivity index (χ2v) is 5.28. The van der Waals surface area contributed by atoms with E-state index in [0.29, 0.717) is 6.61 Å². The Morgan fingerprint density at radius 2 is 2.00 bits per heavy atom. The minimum atomic E-state index is 0.174. The summed E-state index contributed by atoms with van der Waals surface area (Å²) in [5.41, 5.74) is 5.66. The van der Waals surface area contributed by atoms with Crippen molar-refractivity contribution in [3.8, 4) is 0 Å². The van der Waals surface area contributed by atoms with Gasteiger partial charge in [-0.3, -0.25) is 0 Å². The quantitative estimate of drug-likeness (QED) is 0.669. The fraction of sp³-hybridized carbons (Fsp3) is 1.00. The molecule has 0 aromatic carbocycles. The van der Waals surface area contributed by atoms with E-state index >= 15 is 0 Å². The van der Waals surface area contributed by atoms with Gasteiger partial charge in [-0.1, -0.05) is 6.92 Å². The van der Waals surface area contributed by atoms with Gasteiger partial charge in [0.2, 0.25) is 0 Å². The van der Waals surface area contributed by atoms with Crippen LogP contribution in [0.5, 0.6) is 0 Å². The van der Waals surface area contributed by atoms with Crippen LogP contribution in [0.4, 0.5) is 0 Å². The van der Waals surface area contributed by atoms with Crippen molar-refractivity contribution in [1.29, 1.82) is 0 Å². The Kier molecular flexibility index (Phi) is 5.13. The van der Waals surface area contributed by atoms with Crippen LogP contribution in [0.2, 0.25) is 0 Å². The van der Waals surface area contributed by atoms with Crippen LogP contribution in [0.15, 0.2) is 0 Å². The highest BCUT2D eigenvalue weighted by atomic mass is 32.2. The molecule has 0 aromatic rings. The van der Waals surface area contributed by atoms with Crippen molar-refractivity contribution in [2.24, 2.45) is 5.73 Å². The lowest BCUT2D eigenvalue weighted by Crippen LogP contribution is -2.24. The van der Waals surface area contributed by atoms with Crippen LogP contribution in [0.1, 0.15) is 34.1 Å². The van der Waals surface area contributed by atoms with Gasteiger partial charge >= 0.3 is 0 Å². The predicted molar refractivity (Wildman–Crippen MR) is 51.6 cm³/mol. The van der Waals surface area contributed by atoms with Gasteiger partial charge in [-0.25, -0.2) is 0 Å². The van der Waals surface area contributed by atoms with Crippen LogP contribution in [0.25, 0.3) is 0 Å². The first-order valence-corrected chi connectivity index (χ1v) is 4.76. The van der Waals surface area contributed by atoms with Crippen LogP contribution >= 0.6 is 12.0 Å². The van der Waals surface area contributed by atoms with E-state index < -0.39 is 0 Å². The molecule has 0 aliphatic rings. The molecule has 11 heavy (non-hydrogen) atoms. The molecule has 0 saturated carbocycles. The third kappa shape index (κ3) is 8.17. The summed E-state index contributed by atoms with van der Waals surface area (Å²) in [4.78, 5) is 0. The van der Waals surface area contributed by atoms with Crippen molar-refractivity contribution in [3.05, 3.63) is 0 Å². The second kappa shape index (κ2) is 5.01. The first kappa shape index (κ1) is 11.3. The lowest BCUT2D eigenvalue weighted by atomic mass is 10.3. The zero-order valence-corrected chi connectivity index (χ0v) is 8.70. The third-order valence-electron chi connectivity index (χ3n) is 1.12. The van der Waals surface area contributed by atoms with Gasteiger partial charge in [0.05, 0.1) is 6.61 Å². The topological polar surface area (TPSA) is 35.2 Å². The lowest BCUT2D eigenvalue weighted by molar-refractivity contribution is 0.326. The Hall–Kier alpha value is 0.270. The van der Waals surface area contributed by atoms with E-state index in [0.717, 1.165) is 6.42 Å². The van der Waals surface area contributed by atoms with Gasteiger partial charge in [0.1, 0.15) is 0 Å². The van der Waals surface area contributed by atoms with Crippen LogP contribution in [-0.4, -0.2) is 17.4 Å². The molecule has 68 valence electrons. The van der Waals surface area contributed by atoms with Crippen molar-refractivity contribution in [3.63, 3.8) is 0 Å². The number of nitrogens with two attached hydrogens (primary N) is 1. The second-order valence-electron chi connectivity index (χ2n) is 3.65. The zero-order valence-electron chi connectivity index (χ0n) is 7.89. The summed E-state index contributed by atoms with van der Waals surface area (Å²) in [6.45, 7) is 9.08. The highest BCUT2D eigenvalue weighted by Crippen LogP contribution is 2.23. The molecule has 0 aliphatic carbocycles. The Balaban J connectivity index is 3.28. The predicted octanol–water partition coefficient (Wildman–Crippen LogP) is 2.19. The molecule has 0 bridgehead atoms. The summed E-state index contributed by atoms with van der Waals surface area (Å²) in [6.07, 6.45) is 0.977. The molecule has 0 spiro atoms. The first-order chi connectivity index (χ1) is 4.95. The molecular formula is C8H19NOS. The molecule has 0 amide bonds. The molecule has 0 radical (unpaired) electrons. The monoisotopic (exact) mass is 177 g/mol. The van der Waals surface area contributed by atoms with Crippen molar-refractivity contribution < 1.29 is 4.18 Å². The zero-order chi connectivity index (χ0) is 8.91. The van der Waals surface area contributed by atoms with Crippen LogP contribution in [-0.2, 0) is 4.18 Å². The van der Waals surface area contributed by atoms with E-state index in [9.17, 15) is 0 Å². The van der Waals surface area contributed by atoms with Gasteiger partial charge in [-0.2, -0.15) is 0 Å². The maximum absolute atomic E-state index is 5.66. The number of rotatable bonds is 4. The van der Waals surface area contributed by atoms with Crippen molar-refractivity contribution in [2.75, 3.05) is 6.61 Å². The van der Waals surface area contributed by atoms with Crippen molar-refractivity contribution in [2.45, 2.75) is 44.9 Å². The third-order valence-corrected chi connectivity index (χ3v) is 1.87. The number of hydrogen-bond donors (Lipinski definition) is 1. The van der Waals surface area contributed by atoms with Crippen LogP contribution in [0.3, 0.4) is 0 Å². The van der Waals surface area contributed by atoms with Gasteiger partial charge in [0.25, 0.3) is 0 Å². The summed E-state index contributed by atoms with van der Waals surface area (Å²) in [7, 11) is 0. The van der Waals surface area contributed by atoms with Gasteiger partial charge < -0.3 is 9.92 Å². The van der Waals surface area contributed by atoms with Crippen molar-refractivity contribution >= 4 is 12.0 Å². The Labute approximate surface area is 74.1 Å². The first-order valence-electron chi connectivity index (χ1n) is 4.02. The molecule has 0 fully saturated rings. The summed E-state index contributed by atoms with van der Waals surface area (Å²) in [5, 5.41) is 0. The highest BCUT2D eigenvalue weighted by Gasteiger charge is 2.12. The Bertz CT molecular complexity index is 101. The molecular weight excluding hydrogens is 158 g/mol. The molecule has 3 heteroatoms. The minimum absolute atomic E-state index is 0.174. The lowest BCUT2D eigenvalue weighted by Gasteiger charge is -2.17. The molecule has 0 aliphatic heterocycles.